The van der Waals surface area contributed by atoms with Crippen LogP contribution < -0.4 is 10.8 Å². The SMILES string of the molecule is CN=C(C)NO/N=C(\C)C=Nc1ccccc1NCC#N. The van der Waals surface area contributed by atoms with Crippen molar-refractivity contribution in [3.8, 4) is 6.07 Å². The van der Waals surface area contributed by atoms with Gasteiger partial charge in [0, 0.05) is 7.05 Å². The minimum Gasteiger partial charge on any atom is -0.371 e. The number of hydroxylamine groups is 1. The van der Waals surface area contributed by atoms with E-state index in [-0.39, 0.29) is 6.54 Å². The first-order chi connectivity index (χ1) is 10.2. The molecule has 0 aliphatic heterocycles. The summed E-state index contributed by atoms with van der Waals surface area (Å²) in [4.78, 5) is 13.1. The molecule has 0 radical (unpaired) electrons. The second kappa shape index (κ2) is 9.09. The standard InChI is InChI=1S/C14H18N6O/c1-11(19-21-20-12(2)16-3)10-18-14-7-5-4-6-13(14)17-9-8-15/h4-7,10,17H,9H2,1-3H3,(H,16,20)/b18-10?,19-11+. The van der Waals surface area contributed by atoms with Gasteiger partial charge in [0.1, 0.15) is 12.4 Å². The third kappa shape index (κ3) is 6.20. The van der Waals surface area contributed by atoms with Crippen LogP contribution in [-0.4, -0.2) is 31.4 Å². The van der Waals surface area contributed by atoms with E-state index in [1.807, 2.05) is 30.3 Å². The van der Waals surface area contributed by atoms with Crippen molar-refractivity contribution < 1.29 is 4.94 Å². The van der Waals surface area contributed by atoms with E-state index in [1.165, 1.54) is 0 Å². The third-order valence-electron chi connectivity index (χ3n) is 2.37. The molecule has 1 aromatic rings. The Morgan fingerprint density at radius 1 is 1.38 bits per heavy atom. The molecule has 0 unspecified atom stereocenters. The van der Waals surface area contributed by atoms with Crippen molar-refractivity contribution in [2.75, 3.05) is 18.9 Å². The molecule has 1 aromatic carbocycles. The van der Waals surface area contributed by atoms with Gasteiger partial charge in [0.2, 0.25) is 0 Å². The third-order valence-corrected chi connectivity index (χ3v) is 2.37. The van der Waals surface area contributed by atoms with Gasteiger partial charge in [0.25, 0.3) is 0 Å². The number of hydrogen-bond acceptors (Lipinski definition) is 6. The number of nitriles is 1. The molecule has 0 fully saturated rings. The maximum absolute atomic E-state index is 8.60. The predicted molar refractivity (Wildman–Crippen MR) is 85.1 cm³/mol. The van der Waals surface area contributed by atoms with Gasteiger partial charge in [0.05, 0.1) is 29.4 Å². The number of aliphatic imine (C=N–C) groups is 2. The molecule has 2 N–H and O–H groups in total. The summed E-state index contributed by atoms with van der Waals surface area (Å²) < 4.78 is 0. The second-order valence-electron chi connectivity index (χ2n) is 4.02. The Morgan fingerprint density at radius 3 is 2.86 bits per heavy atom. The van der Waals surface area contributed by atoms with Crippen LogP contribution in [0.3, 0.4) is 0 Å². The normalized spacial score (nSPS) is 12.1. The number of benzene rings is 1. The summed E-state index contributed by atoms with van der Waals surface area (Å²) in [7, 11) is 1.65. The van der Waals surface area contributed by atoms with E-state index in [2.05, 4.69) is 25.9 Å². The van der Waals surface area contributed by atoms with E-state index in [9.17, 15) is 0 Å². The Kier molecular flexibility index (Phi) is 7.00. The van der Waals surface area contributed by atoms with Crippen LogP contribution in [0.15, 0.2) is 39.4 Å². The summed E-state index contributed by atoms with van der Waals surface area (Å²) in [6, 6.07) is 9.47. The number of anilines is 1. The molecule has 0 aromatic heterocycles. The molecule has 0 saturated heterocycles. The van der Waals surface area contributed by atoms with Crippen molar-refractivity contribution >= 4 is 29.1 Å². The van der Waals surface area contributed by atoms with Gasteiger partial charge in [-0.1, -0.05) is 17.3 Å². The first-order valence-corrected chi connectivity index (χ1v) is 6.31. The van der Waals surface area contributed by atoms with Crippen LogP contribution in [0.25, 0.3) is 0 Å². The van der Waals surface area contributed by atoms with Crippen LogP contribution in [0.5, 0.6) is 0 Å². The molecule has 110 valence electrons. The number of oxime groups is 1. The number of nitrogens with one attached hydrogen (secondary N) is 2. The van der Waals surface area contributed by atoms with E-state index in [0.717, 1.165) is 11.4 Å². The van der Waals surface area contributed by atoms with Crippen LogP contribution in [0.4, 0.5) is 11.4 Å². The van der Waals surface area contributed by atoms with Crippen molar-refractivity contribution in [3.05, 3.63) is 24.3 Å². The first-order valence-electron chi connectivity index (χ1n) is 6.31. The van der Waals surface area contributed by atoms with Crippen LogP contribution in [0, 0.1) is 11.3 Å². The number of nitrogens with zero attached hydrogens (tertiary/aromatic N) is 4. The van der Waals surface area contributed by atoms with Gasteiger partial charge in [-0.05, 0) is 26.0 Å². The van der Waals surface area contributed by atoms with Crippen LogP contribution in [0.1, 0.15) is 13.8 Å². The van der Waals surface area contributed by atoms with Crippen molar-refractivity contribution in [1.29, 1.82) is 5.26 Å². The van der Waals surface area contributed by atoms with Gasteiger partial charge in [-0.2, -0.15) is 10.7 Å². The summed E-state index contributed by atoms with van der Waals surface area (Å²) in [6.07, 6.45) is 1.58. The number of amidine groups is 1. The molecule has 0 spiro atoms. The lowest BCUT2D eigenvalue weighted by atomic mass is 10.2. The quantitative estimate of drug-likeness (QED) is 0.363. The lowest BCUT2D eigenvalue weighted by molar-refractivity contribution is 0.0928. The van der Waals surface area contributed by atoms with E-state index in [4.69, 9.17) is 10.2 Å². The first kappa shape index (κ1) is 16.2. The monoisotopic (exact) mass is 286 g/mol. The van der Waals surface area contributed by atoms with E-state index < -0.39 is 0 Å². The number of hydrogen-bond donors (Lipinski definition) is 2. The highest BCUT2D eigenvalue weighted by molar-refractivity contribution is 6.29. The van der Waals surface area contributed by atoms with Gasteiger partial charge in [0.15, 0.2) is 0 Å². The summed E-state index contributed by atoms with van der Waals surface area (Å²) in [5.41, 5.74) is 4.65. The molecular weight excluding hydrogens is 268 g/mol. The average molecular weight is 286 g/mol. The summed E-state index contributed by atoms with van der Waals surface area (Å²) in [5.74, 6) is 0.620. The van der Waals surface area contributed by atoms with Crippen molar-refractivity contribution in [3.63, 3.8) is 0 Å². The minimum atomic E-state index is 0.224. The maximum Gasteiger partial charge on any atom is 0.131 e. The van der Waals surface area contributed by atoms with Crippen LogP contribution in [0.2, 0.25) is 0 Å². The summed E-state index contributed by atoms with van der Waals surface area (Å²) >= 11 is 0. The zero-order chi connectivity index (χ0) is 15.5. The molecular formula is C14H18N6O. The highest BCUT2D eigenvalue weighted by atomic mass is 16.8. The highest BCUT2D eigenvalue weighted by Gasteiger charge is 1.98. The Balaban J connectivity index is 2.67. The molecule has 0 heterocycles. The summed E-state index contributed by atoms with van der Waals surface area (Å²) in [6.45, 7) is 3.74. The Hall–Kier alpha value is -2.88. The second-order valence-corrected chi connectivity index (χ2v) is 4.02. The molecule has 21 heavy (non-hydrogen) atoms. The molecule has 0 saturated carbocycles. The fraction of sp³-hybridized carbons (Fsp3) is 0.286. The lowest BCUT2D eigenvalue weighted by Crippen LogP contribution is -2.18. The number of para-hydroxylation sites is 2. The summed E-state index contributed by atoms with van der Waals surface area (Å²) in [5, 5.41) is 15.4. The fourth-order valence-electron chi connectivity index (χ4n) is 1.26. The Bertz CT molecular complexity index is 585. The molecule has 0 bridgehead atoms. The average Bonchev–Trinajstić information content (AvgIpc) is 2.51. The molecule has 7 nitrogen and oxygen atoms in total. The molecule has 1 rings (SSSR count). The fourth-order valence-corrected chi connectivity index (χ4v) is 1.26. The van der Waals surface area contributed by atoms with Gasteiger partial charge in [-0.25, -0.2) is 0 Å². The highest BCUT2D eigenvalue weighted by Crippen LogP contribution is 2.23. The predicted octanol–water partition coefficient (Wildman–Crippen LogP) is 2.27. The zero-order valence-electron chi connectivity index (χ0n) is 12.3. The van der Waals surface area contributed by atoms with Crippen molar-refractivity contribution in [2.45, 2.75) is 13.8 Å². The lowest BCUT2D eigenvalue weighted by Gasteiger charge is -2.05. The van der Waals surface area contributed by atoms with Gasteiger partial charge >= 0.3 is 0 Å². The van der Waals surface area contributed by atoms with Gasteiger partial charge in [-0.15, -0.1) is 0 Å². The Labute approximate surface area is 124 Å². The zero-order valence-corrected chi connectivity index (χ0v) is 12.3. The smallest absolute Gasteiger partial charge is 0.131 e. The maximum atomic E-state index is 8.60. The van der Waals surface area contributed by atoms with E-state index >= 15 is 0 Å². The molecule has 0 aliphatic rings. The topological polar surface area (TPSA) is 94.2 Å². The minimum absolute atomic E-state index is 0.224. The molecule has 7 heteroatoms. The van der Waals surface area contributed by atoms with Gasteiger partial charge in [-0.3, -0.25) is 14.9 Å². The van der Waals surface area contributed by atoms with E-state index in [1.54, 1.807) is 27.1 Å². The van der Waals surface area contributed by atoms with E-state index in [0.29, 0.717) is 11.5 Å². The van der Waals surface area contributed by atoms with Crippen molar-refractivity contribution in [1.82, 2.24) is 5.48 Å². The molecule has 0 atom stereocenters. The van der Waals surface area contributed by atoms with Crippen LogP contribution >= 0.6 is 0 Å². The molecule has 0 amide bonds. The Morgan fingerprint density at radius 2 is 2.14 bits per heavy atom. The number of rotatable bonds is 6. The van der Waals surface area contributed by atoms with Crippen molar-refractivity contribution in [2.24, 2.45) is 15.1 Å². The molecule has 0 aliphatic carbocycles. The largest absolute Gasteiger partial charge is 0.371 e. The van der Waals surface area contributed by atoms with Gasteiger partial charge < -0.3 is 5.32 Å². The van der Waals surface area contributed by atoms with Crippen LogP contribution in [-0.2, 0) is 4.94 Å².